The lowest BCUT2D eigenvalue weighted by molar-refractivity contribution is 0.598. The Morgan fingerprint density at radius 2 is 2.00 bits per heavy atom. The van der Waals surface area contributed by atoms with Gasteiger partial charge in [0.1, 0.15) is 11.6 Å². The molecule has 2 rings (SSSR count). The van der Waals surface area contributed by atoms with Gasteiger partial charge < -0.3 is 4.90 Å². The van der Waals surface area contributed by atoms with Gasteiger partial charge in [-0.3, -0.25) is 4.72 Å². The topological polar surface area (TPSA) is 62.3 Å². The van der Waals surface area contributed by atoms with Crippen LogP contribution in [-0.4, -0.2) is 27.0 Å². The zero-order chi connectivity index (χ0) is 17.7. The average Bonchev–Trinajstić information content (AvgIpc) is 2.52. The molecule has 1 N–H and O–H groups in total. The molecule has 2 aromatic rings. The summed E-state index contributed by atoms with van der Waals surface area (Å²) in [6.07, 6.45) is 3.81. The Morgan fingerprint density at radius 1 is 1.25 bits per heavy atom. The minimum absolute atomic E-state index is 0.0369. The summed E-state index contributed by atoms with van der Waals surface area (Å²) in [6, 6.07) is 7.00. The van der Waals surface area contributed by atoms with E-state index in [0.717, 1.165) is 31.1 Å². The van der Waals surface area contributed by atoms with Crippen LogP contribution in [0.15, 0.2) is 41.4 Å². The minimum atomic E-state index is -3.80. The first-order valence-corrected chi connectivity index (χ1v) is 9.28. The van der Waals surface area contributed by atoms with Gasteiger partial charge in [-0.15, -0.1) is 0 Å². The molecular formula is C17H22FN3O2S. The number of nitrogens with zero attached hydrogens (tertiary/aromatic N) is 2. The Morgan fingerprint density at radius 3 is 2.58 bits per heavy atom. The Labute approximate surface area is 142 Å². The SMILES string of the molecule is CCCCN(C)c1ccc(NS(=O)(=O)c2ccc(F)cc2C)nc1. The van der Waals surface area contributed by atoms with Crippen molar-refractivity contribution in [1.29, 1.82) is 0 Å². The third kappa shape index (κ3) is 4.44. The highest BCUT2D eigenvalue weighted by Gasteiger charge is 2.18. The molecule has 0 amide bonds. The predicted octanol–water partition coefficient (Wildman–Crippen LogP) is 3.57. The second kappa shape index (κ2) is 7.61. The van der Waals surface area contributed by atoms with Crippen molar-refractivity contribution in [2.75, 3.05) is 23.2 Å². The Hall–Kier alpha value is -2.15. The molecule has 0 bridgehead atoms. The lowest BCUT2D eigenvalue weighted by Crippen LogP contribution is -2.19. The molecule has 0 aliphatic heterocycles. The maximum atomic E-state index is 13.1. The van der Waals surface area contributed by atoms with Crippen LogP contribution in [0.1, 0.15) is 25.3 Å². The van der Waals surface area contributed by atoms with Gasteiger partial charge in [-0.2, -0.15) is 0 Å². The van der Waals surface area contributed by atoms with Crippen molar-refractivity contribution in [2.45, 2.75) is 31.6 Å². The second-order valence-electron chi connectivity index (χ2n) is 5.69. The fraction of sp³-hybridized carbons (Fsp3) is 0.353. The minimum Gasteiger partial charge on any atom is -0.373 e. The number of aromatic nitrogens is 1. The van der Waals surface area contributed by atoms with Crippen LogP contribution in [0.2, 0.25) is 0 Å². The lowest BCUT2D eigenvalue weighted by atomic mass is 10.2. The van der Waals surface area contributed by atoms with E-state index in [1.54, 1.807) is 19.2 Å². The maximum Gasteiger partial charge on any atom is 0.263 e. The monoisotopic (exact) mass is 351 g/mol. The van der Waals surface area contributed by atoms with E-state index in [4.69, 9.17) is 0 Å². The summed E-state index contributed by atoms with van der Waals surface area (Å²) in [4.78, 5) is 6.26. The Kier molecular flexibility index (Phi) is 5.77. The molecule has 0 atom stereocenters. The van der Waals surface area contributed by atoms with Crippen molar-refractivity contribution >= 4 is 21.5 Å². The molecule has 0 unspecified atom stereocenters. The van der Waals surface area contributed by atoms with Crippen LogP contribution in [0.25, 0.3) is 0 Å². The second-order valence-corrected chi connectivity index (χ2v) is 7.34. The normalized spacial score (nSPS) is 11.3. The highest BCUT2D eigenvalue weighted by atomic mass is 32.2. The molecule has 0 fully saturated rings. The quantitative estimate of drug-likeness (QED) is 0.828. The van der Waals surface area contributed by atoms with Crippen LogP contribution in [-0.2, 0) is 10.0 Å². The highest BCUT2D eigenvalue weighted by Crippen LogP contribution is 2.20. The smallest absolute Gasteiger partial charge is 0.263 e. The number of unbranched alkanes of at least 4 members (excludes halogenated alkanes) is 1. The summed E-state index contributed by atoms with van der Waals surface area (Å²) in [5.41, 5.74) is 1.27. The molecule has 1 heterocycles. The Bertz CT molecular complexity index is 792. The molecule has 0 saturated heterocycles. The number of anilines is 2. The van der Waals surface area contributed by atoms with Crippen LogP contribution in [0.3, 0.4) is 0 Å². The van der Waals surface area contributed by atoms with Crippen molar-refractivity contribution in [3.63, 3.8) is 0 Å². The van der Waals surface area contributed by atoms with E-state index in [1.807, 2.05) is 13.1 Å². The van der Waals surface area contributed by atoms with Gasteiger partial charge in [0.25, 0.3) is 10.0 Å². The number of hydrogen-bond acceptors (Lipinski definition) is 4. The lowest BCUT2D eigenvalue weighted by Gasteiger charge is -2.18. The number of hydrogen-bond donors (Lipinski definition) is 1. The third-order valence-corrected chi connectivity index (χ3v) is 5.22. The van der Waals surface area contributed by atoms with E-state index < -0.39 is 15.8 Å². The molecule has 5 nitrogen and oxygen atoms in total. The summed E-state index contributed by atoms with van der Waals surface area (Å²) >= 11 is 0. The van der Waals surface area contributed by atoms with Gasteiger partial charge >= 0.3 is 0 Å². The molecule has 0 spiro atoms. The van der Waals surface area contributed by atoms with Gasteiger partial charge in [-0.25, -0.2) is 17.8 Å². The van der Waals surface area contributed by atoms with Crippen molar-refractivity contribution < 1.29 is 12.8 Å². The molecule has 0 aliphatic carbocycles. The molecule has 130 valence electrons. The van der Waals surface area contributed by atoms with Crippen molar-refractivity contribution in [1.82, 2.24) is 4.98 Å². The van der Waals surface area contributed by atoms with E-state index in [9.17, 15) is 12.8 Å². The first kappa shape index (κ1) is 18.2. The van der Waals surface area contributed by atoms with E-state index in [-0.39, 0.29) is 10.7 Å². The zero-order valence-electron chi connectivity index (χ0n) is 14.1. The fourth-order valence-corrected chi connectivity index (χ4v) is 3.54. The maximum absolute atomic E-state index is 13.1. The number of sulfonamides is 1. The van der Waals surface area contributed by atoms with E-state index in [1.165, 1.54) is 12.1 Å². The van der Waals surface area contributed by atoms with E-state index >= 15 is 0 Å². The summed E-state index contributed by atoms with van der Waals surface area (Å²) < 4.78 is 40.4. The number of nitrogens with one attached hydrogen (secondary N) is 1. The predicted molar refractivity (Wildman–Crippen MR) is 94.4 cm³/mol. The molecule has 1 aromatic heterocycles. The summed E-state index contributed by atoms with van der Waals surface area (Å²) in [7, 11) is -1.83. The number of pyridine rings is 1. The fourth-order valence-electron chi connectivity index (χ4n) is 2.30. The molecular weight excluding hydrogens is 329 g/mol. The van der Waals surface area contributed by atoms with E-state index in [0.29, 0.717) is 5.56 Å². The zero-order valence-corrected chi connectivity index (χ0v) is 14.9. The average molecular weight is 351 g/mol. The van der Waals surface area contributed by atoms with Gasteiger partial charge in [0, 0.05) is 13.6 Å². The Balaban J connectivity index is 2.15. The van der Waals surface area contributed by atoms with Gasteiger partial charge in [-0.1, -0.05) is 13.3 Å². The van der Waals surface area contributed by atoms with Gasteiger partial charge in [0.05, 0.1) is 16.8 Å². The first-order valence-electron chi connectivity index (χ1n) is 7.79. The molecule has 0 radical (unpaired) electrons. The van der Waals surface area contributed by atoms with E-state index in [2.05, 4.69) is 21.5 Å². The van der Waals surface area contributed by atoms with Crippen molar-refractivity contribution in [3.05, 3.63) is 47.9 Å². The van der Waals surface area contributed by atoms with Gasteiger partial charge in [0.15, 0.2) is 0 Å². The summed E-state index contributed by atoms with van der Waals surface area (Å²) in [6.45, 7) is 4.59. The van der Waals surface area contributed by atoms with Crippen LogP contribution < -0.4 is 9.62 Å². The third-order valence-electron chi connectivity index (χ3n) is 3.70. The van der Waals surface area contributed by atoms with Gasteiger partial charge in [0.2, 0.25) is 0 Å². The molecule has 0 aliphatic rings. The first-order chi connectivity index (χ1) is 11.3. The highest BCUT2D eigenvalue weighted by molar-refractivity contribution is 7.92. The van der Waals surface area contributed by atoms with Crippen LogP contribution in [0, 0.1) is 12.7 Å². The van der Waals surface area contributed by atoms with Gasteiger partial charge in [-0.05, 0) is 49.2 Å². The van der Waals surface area contributed by atoms with Crippen LogP contribution in [0.4, 0.5) is 15.9 Å². The van der Waals surface area contributed by atoms with Crippen molar-refractivity contribution in [2.24, 2.45) is 0 Å². The summed E-state index contributed by atoms with van der Waals surface area (Å²) in [5.74, 6) is -0.240. The molecule has 24 heavy (non-hydrogen) atoms. The number of rotatable bonds is 7. The number of halogens is 1. The van der Waals surface area contributed by atoms with Crippen LogP contribution in [0.5, 0.6) is 0 Å². The summed E-state index contributed by atoms with van der Waals surface area (Å²) in [5, 5.41) is 0. The van der Waals surface area contributed by atoms with Crippen LogP contribution >= 0.6 is 0 Å². The largest absolute Gasteiger partial charge is 0.373 e. The van der Waals surface area contributed by atoms with Crippen molar-refractivity contribution in [3.8, 4) is 0 Å². The molecule has 7 heteroatoms. The molecule has 1 aromatic carbocycles. The number of benzene rings is 1. The molecule has 0 saturated carbocycles. The number of aryl methyl sites for hydroxylation is 1. The standard InChI is InChI=1S/C17H22FN3O2S/c1-4-5-10-21(3)15-7-9-17(19-12-15)20-24(22,23)16-8-6-14(18)11-13(16)2/h6-9,11-12H,4-5,10H2,1-3H3,(H,19,20).